The molecule has 1 rings (SSSR count). The predicted molar refractivity (Wildman–Crippen MR) is 75.7 cm³/mol. The molecule has 0 amide bonds. The van der Waals surface area contributed by atoms with E-state index < -0.39 is 0 Å². The van der Waals surface area contributed by atoms with Crippen LogP contribution >= 0.6 is 34.8 Å². The van der Waals surface area contributed by atoms with Crippen molar-refractivity contribution in [3.05, 3.63) is 32.8 Å². The van der Waals surface area contributed by atoms with Gasteiger partial charge >= 0.3 is 0 Å². The maximum atomic E-state index is 9.21. The van der Waals surface area contributed by atoms with Crippen LogP contribution in [0.3, 0.4) is 0 Å². The van der Waals surface area contributed by atoms with Gasteiger partial charge in [0.05, 0.1) is 16.7 Å². The summed E-state index contributed by atoms with van der Waals surface area (Å²) in [5, 5.41) is 13.9. The van der Waals surface area contributed by atoms with Crippen LogP contribution in [0.25, 0.3) is 0 Å². The van der Waals surface area contributed by atoms with Gasteiger partial charge in [-0.05, 0) is 18.6 Å². The highest BCUT2D eigenvalue weighted by atomic mass is 35.5. The molecule has 0 aliphatic heterocycles. The molecule has 18 heavy (non-hydrogen) atoms. The zero-order valence-corrected chi connectivity index (χ0v) is 12.3. The molecule has 6 heteroatoms. The summed E-state index contributed by atoms with van der Waals surface area (Å²) in [4.78, 5) is 0. The van der Waals surface area contributed by atoms with E-state index in [0.29, 0.717) is 34.6 Å². The molecule has 0 aliphatic rings. The average Bonchev–Trinajstić information content (AvgIpc) is 2.37. The van der Waals surface area contributed by atoms with E-state index in [9.17, 15) is 5.11 Å². The van der Waals surface area contributed by atoms with Gasteiger partial charge in [0.1, 0.15) is 0 Å². The second-order valence-electron chi connectivity index (χ2n) is 3.86. The normalized spacial score (nSPS) is 12.7. The van der Waals surface area contributed by atoms with Crippen LogP contribution in [0.15, 0.2) is 12.1 Å². The topological polar surface area (TPSA) is 41.5 Å². The number of hydrogen-bond donors (Lipinski definition) is 2. The third-order valence-corrected chi connectivity index (χ3v) is 3.79. The number of aliphatic hydroxyl groups excluding tert-OH is 1. The third-order valence-electron chi connectivity index (χ3n) is 2.60. The lowest BCUT2D eigenvalue weighted by atomic mass is 10.2. The summed E-state index contributed by atoms with van der Waals surface area (Å²) >= 11 is 18.1. The Kier molecular flexibility index (Phi) is 7.30. The Labute approximate surface area is 122 Å². The van der Waals surface area contributed by atoms with Crippen LogP contribution in [0.4, 0.5) is 0 Å². The quantitative estimate of drug-likeness (QED) is 0.760. The largest absolute Gasteiger partial charge is 0.395 e. The smallest absolute Gasteiger partial charge is 0.0652 e. The molecule has 0 aromatic heterocycles. The maximum absolute atomic E-state index is 9.21. The van der Waals surface area contributed by atoms with E-state index in [4.69, 9.17) is 39.5 Å². The van der Waals surface area contributed by atoms with Crippen LogP contribution < -0.4 is 5.32 Å². The second-order valence-corrected chi connectivity index (χ2v) is 5.06. The van der Waals surface area contributed by atoms with E-state index in [1.807, 2.05) is 0 Å². The van der Waals surface area contributed by atoms with Crippen LogP contribution in [0.1, 0.15) is 12.0 Å². The SMILES string of the molecule is COCCC(CO)NCc1c(Cl)ccc(Cl)c1Cl. The second kappa shape index (κ2) is 8.20. The van der Waals surface area contributed by atoms with Gasteiger partial charge in [-0.2, -0.15) is 0 Å². The molecule has 1 aromatic rings. The molecule has 1 unspecified atom stereocenters. The highest BCUT2D eigenvalue weighted by molar-refractivity contribution is 6.44. The molecule has 2 N–H and O–H groups in total. The highest BCUT2D eigenvalue weighted by Gasteiger charge is 2.12. The summed E-state index contributed by atoms with van der Waals surface area (Å²) in [6.07, 6.45) is 0.711. The number of halogens is 3. The van der Waals surface area contributed by atoms with Gasteiger partial charge in [-0.15, -0.1) is 0 Å². The number of nitrogens with one attached hydrogen (secondary N) is 1. The molecule has 0 radical (unpaired) electrons. The fourth-order valence-electron chi connectivity index (χ4n) is 1.50. The summed E-state index contributed by atoms with van der Waals surface area (Å²) in [7, 11) is 1.62. The Morgan fingerprint density at radius 2 is 1.94 bits per heavy atom. The number of benzene rings is 1. The van der Waals surface area contributed by atoms with Gasteiger partial charge in [0, 0.05) is 36.9 Å². The molecule has 3 nitrogen and oxygen atoms in total. The first-order valence-electron chi connectivity index (χ1n) is 5.55. The molecule has 1 atom stereocenters. The lowest BCUT2D eigenvalue weighted by Gasteiger charge is -2.17. The summed E-state index contributed by atoms with van der Waals surface area (Å²) in [6, 6.07) is 3.30. The maximum Gasteiger partial charge on any atom is 0.0652 e. The number of aliphatic hydroxyl groups is 1. The van der Waals surface area contributed by atoms with E-state index in [0.717, 1.165) is 5.56 Å². The number of rotatable bonds is 7. The van der Waals surface area contributed by atoms with Crippen molar-refractivity contribution in [2.75, 3.05) is 20.3 Å². The summed E-state index contributed by atoms with van der Waals surface area (Å²) in [5.41, 5.74) is 0.738. The molecule has 0 bridgehead atoms. The van der Waals surface area contributed by atoms with Crippen molar-refractivity contribution in [3.8, 4) is 0 Å². The summed E-state index contributed by atoms with van der Waals surface area (Å²) in [6.45, 7) is 1.06. The lowest BCUT2D eigenvalue weighted by molar-refractivity contribution is 0.159. The summed E-state index contributed by atoms with van der Waals surface area (Å²) in [5.74, 6) is 0. The van der Waals surface area contributed by atoms with Gasteiger partial charge in [-0.3, -0.25) is 0 Å². The Balaban J connectivity index is 2.64. The van der Waals surface area contributed by atoms with Gasteiger partial charge in [0.2, 0.25) is 0 Å². The van der Waals surface area contributed by atoms with Crippen molar-refractivity contribution in [2.45, 2.75) is 19.0 Å². The van der Waals surface area contributed by atoms with Crippen molar-refractivity contribution < 1.29 is 9.84 Å². The molecular weight excluding hydrogens is 296 g/mol. The predicted octanol–water partition coefficient (Wildman–Crippen LogP) is 3.13. The molecule has 0 saturated carbocycles. The minimum absolute atomic E-state index is 0.0269. The van der Waals surface area contributed by atoms with Gasteiger partial charge in [0.25, 0.3) is 0 Å². The van der Waals surface area contributed by atoms with E-state index in [1.54, 1.807) is 19.2 Å². The van der Waals surface area contributed by atoms with Crippen molar-refractivity contribution in [1.82, 2.24) is 5.32 Å². The minimum Gasteiger partial charge on any atom is -0.395 e. The monoisotopic (exact) mass is 311 g/mol. The summed E-state index contributed by atoms with van der Waals surface area (Å²) < 4.78 is 4.97. The Bertz CT molecular complexity index is 388. The van der Waals surface area contributed by atoms with Crippen molar-refractivity contribution in [2.24, 2.45) is 0 Å². The molecule has 102 valence electrons. The van der Waals surface area contributed by atoms with Gasteiger partial charge in [0.15, 0.2) is 0 Å². The lowest BCUT2D eigenvalue weighted by Crippen LogP contribution is -2.33. The molecule has 0 heterocycles. The van der Waals surface area contributed by atoms with Crippen molar-refractivity contribution in [3.63, 3.8) is 0 Å². The zero-order valence-electron chi connectivity index (χ0n) is 10.0. The zero-order chi connectivity index (χ0) is 13.5. The molecular formula is C12H16Cl3NO2. The van der Waals surface area contributed by atoms with E-state index in [1.165, 1.54) is 0 Å². The molecule has 0 spiro atoms. The van der Waals surface area contributed by atoms with E-state index in [2.05, 4.69) is 5.32 Å². The van der Waals surface area contributed by atoms with Crippen LogP contribution in [-0.2, 0) is 11.3 Å². The fraction of sp³-hybridized carbons (Fsp3) is 0.500. The van der Waals surface area contributed by atoms with Crippen LogP contribution in [0.5, 0.6) is 0 Å². The van der Waals surface area contributed by atoms with Crippen LogP contribution in [0.2, 0.25) is 15.1 Å². The number of methoxy groups -OCH3 is 1. The Morgan fingerprint density at radius 3 is 2.56 bits per heavy atom. The standard InChI is InChI=1S/C12H16Cl3NO2/c1-18-5-4-8(7-17)16-6-9-10(13)2-3-11(14)12(9)15/h2-3,8,16-17H,4-7H2,1H3. The van der Waals surface area contributed by atoms with Gasteiger partial charge in [-0.1, -0.05) is 34.8 Å². The highest BCUT2D eigenvalue weighted by Crippen LogP contribution is 2.31. The molecule has 0 fully saturated rings. The Morgan fingerprint density at radius 1 is 1.28 bits per heavy atom. The fourth-order valence-corrected chi connectivity index (χ4v) is 2.18. The van der Waals surface area contributed by atoms with E-state index >= 15 is 0 Å². The molecule has 1 aromatic carbocycles. The number of ether oxygens (including phenoxy) is 1. The van der Waals surface area contributed by atoms with Crippen LogP contribution in [-0.4, -0.2) is 31.5 Å². The first-order chi connectivity index (χ1) is 8.60. The van der Waals surface area contributed by atoms with E-state index in [-0.39, 0.29) is 12.6 Å². The number of hydrogen-bond acceptors (Lipinski definition) is 3. The minimum atomic E-state index is -0.0592. The molecule has 0 saturated heterocycles. The van der Waals surface area contributed by atoms with Crippen LogP contribution in [0, 0.1) is 0 Å². The average molecular weight is 313 g/mol. The van der Waals surface area contributed by atoms with Gasteiger partial charge in [-0.25, -0.2) is 0 Å². The van der Waals surface area contributed by atoms with Crippen molar-refractivity contribution >= 4 is 34.8 Å². The third kappa shape index (κ3) is 4.57. The Hall–Kier alpha value is -0.0300. The first kappa shape index (κ1) is 16.0. The molecule has 0 aliphatic carbocycles. The first-order valence-corrected chi connectivity index (χ1v) is 6.69. The van der Waals surface area contributed by atoms with Crippen molar-refractivity contribution in [1.29, 1.82) is 0 Å². The van der Waals surface area contributed by atoms with Gasteiger partial charge < -0.3 is 15.2 Å².